The Hall–Kier alpha value is -0.425. The van der Waals surface area contributed by atoms with Crippen LogP contribution >= 0.6 is 15.9 Å². The normalized spacial score (nSPS) is 10.4. The number of ether oxygens (including phenoxy) is 1. The van der Waals surface area contributed by atoms with Crippen molar-refractivity contribution in [3.05, 3.63) is 28.0 Å². The summed E-state index contributed by atoms with van der Waals surface area (Å²) >= 11 is 2.98. The molecule has 0 saturated heterocycles. The molecular weight excluding hydrogens is 254 g/mol. The smallest absolute Gasteiger partial charge is 0.423 e. The van der Waals surface area contributed by atoms with Crippen LogP contribution in [0.1, 0.15) is 5.56 Å². The third kappa shape index (κ3) is 2.54. The van der Waals surface area contributed by atoms with Crippen molar-refractivity contribution < 1.29 is 19.2 Å². The summed E-state index contributed by atoms with van der Waals surface area (Å²) in [5.41, 5.74) is 0.510. The Morgan fingerprint density at radius 3 is 2.64 bits per heavy atom. The van der Waals surface area contributed by atoms with Crippen molar-refractivity contribution in [3.8, 4) is 0 Å². The van der Waals surface area contributed by atoms with Crippen LogP contribution in [0, 0.1) is 5.82 Å². The summed E-state index contributed by atoms with van der Waals surface area (Å²) in [6.07, 6.45) is 0. The molecule has 1 rings (SSSR count). The molecule has 0 aliphatic carbocycles. The summed E-state index contributed by atoms with van der Waals surface area (Å²) in [6, 6.07) is 2.89. The summed E-state index contributed by atoms with van der Waals surface area (Å²) in [5, 5.41) is 17.8. The third-order valence-corrected chi connectivity index (χ3v) is 2.28. The highest BCUT2D eigenvalue weighted by Crippen LogP contribution is 2.16. The second-order valence-electron chi connectivity index (χ2n) is 2.79. The first kappa shape index (κ1) is 11.6. The van der Waals surface area contributed by atoms with Gasteiger partial charge in [-0.3, -0.25) is 0 Å². The van der Waals surface area contributed by atoms with E-state index in [4.69, 9.17) is 14.8 Å². The fourth-order valence-electron chi connectivity index (χ4n) is 1.11. The number of methoxy groups -OCH3 is 1. The zero-order valence-electron chi connectivity index (χ0n) is 7.50. The standard InChI is InChI=1S/C8H9BBrFO3/c1-14-4-5-2-6(9(12)13)8(11)7(10)3-5/h2-3,12-13H,4H2,1H3. The molecule has 0 atom stereocenters. The molecule has 0 spiro atoms. The predicted molar refractivity (Wildman–Crippen MR) is 54.6 cm³/mol. The molecule has 0 heterocycles. The lowest BCUT2D eigenvalue weighted by Gasteiger charge is -2.07. The second-order valence-corrected chi connectivity index (χ2v) is 3.64. The minimum atomic E-state index is -1.82. The highest BCUT2D eigenvalue weighted by molar-refractivity contribution is 9.10. The van der Waals surface area contributed by atoms with E-state index in [0.29, 0.717) is 12.2 Å². The molecule has 6 heteroatoms. The topological polar surface area (TPSA) is 49.7 Å². The van der Waals surface area contributed by atoms with Crippen LogP contribution in [-0.4, -0.2) is 24.3 Å². The van der Waals surface area contributed by atoms with Crippen molar-refractivity contribution >= 4 is 28.5 Å². The highest BCUT2D eigenvalue weighted by atomic mass is 79.9. The maximum absolute atomic E-state index is 13.3. The van der Waals surface area contributed by atoms with Gasteiger partial charge < -0.3 is 14.8 Å². The van der Waals surface area contributed by atoms with Crippen molar-refractivity contribution in [2.45, 2.75) is 6.61 Å². The molecule has 1 aromatic rings. The van der Waals surface area contributed by atoms with Gasteiger partial charge in [0, 0.05) is 12.6 Å². The fraction of sp³-hybridized carbons (Fsp3) is 0.250. The van der Waals surface area contributed by atoms with Gasteiger partial charge in [0.05, 0.1) is 11.1 Å². The van der Waals surface area contributed by atoms with E-state index < -0.39 is 12.9 Å². The molecule has 0 amide bonds. The molecule has 0 unspecified atom stereocenters. The van der Waals surface area contributed by atoms with Crippen molar-refractivity contribution in [2.75, 3.05) is 7.11 Å². The van der Waals surface area contributed by atoms with Crippen LogP contribution in [-0.2, 0) is 11.3 Å². The Morgan fingerprint density at radius 1 is 1.50 bits per heavy atom. The third-order valence-electron chi connectivity index (χ3n) is 1.71. The zero-order chi connectivity index (χ0) is 10.7. The van der Waals surface area contributed by atoms with Gasteiger partial charge in [-0.25, -0.2) is 4.39 Å². The Kier molecular flexibility index (Phi) is 4.06. The van der Waals surface area contributed by atoms with Crippen LogP contribution in [0.15, 0.2) is 16.6 Å². The molecule has 2 N–H and O–H groups in total. The van der Waals surface area contributed by atoms with Crippen LogP contribution < -0.4 is 5.46 Å². The molecule has 0 aromatic heterocycles. The molecule has 76 valence electrons. The SMILES string of the molecule is COCc1cc(Br)c(F)c(B(O)O)c1. The zero-order valence-corrected chi connectivity index (χ0v) is 9.08. The molecule has 0 aliphatic heterocycles. The van der Waals surface area contributed by atoms with Crippen LogP contribution in [0.25, 0.3) is 0 Å². The van der Waals surface area contributed by atoms with E-state index in [1.165, 1.54) is 19.2 Å². The molecule has 0 bridgehead atoms. The number of halogens is 2. The second kappa shape index (κ2) is 4.88. The van der Waals surface area contributed by atoms with E-state index in [1.807, 2.05) is 0 Å². The molecule has 1 aromatic carbocycles. The van der Waals surface area contributed by atoms with E-state index in [1.54, 1.807) is 0 Å². The van der Waals surface area contributed by atoms with Crippen LogP contribution in [0.3, 0.4) is 0 Å². The minimum absolute atomic E-state index is 0.161. The van der Waals surface area contributed by atoms with Gasteiger partial charge in [-0.2, -0.15) is 0 Å². The summed E-state index contributed by atoms with van der Waals surface area (Å²) in [6.45, 7) is 0.290. The summed E-state index contributed by atoms with van der Waals surface area (Å²) in [5.74, 6) is -0.667. The summed E-state index contributed by atoms with van der Waals surface area (Å²) < 4.78 is 18.3. The average Bonchev–Trinajstić information content (AvgIpc) is 2.11. The van der Waals surface area contributed by atoms with Crippen LogP contribution in [0.4, 0.5) is 4.39 Å². The first-order chi connectivity index (χ1) is 6.56. The lowest BCUT2D eigenvalue weighted by molar-refractivity contribution is 0.185. The Balaban J connectivity index is 3.14. The molecule has 14 heavy (non-hydrogen) atoms. The van der Waals surface area contributed by atoms with Gasteiger partial charge in [0.1, 0.15) is 5.82 Å². The Morgan fingerprint density at radius 2 is 2.14 bits per heavy atom. The lowest BCUT2D eigenvalue weighted by Crippen LogP contribution is -2.33. The molecule has 0 radical (unpaired) electrons. The molecule has 3 nitrogen and oxygen atoms in total. The first-order valence-electron chi connectivity index (χ1n) is 3.89. The monoisotopic (exact) mass is 262 g/mol. The number of benzene rings is 1. The maximum atomic E-state index is 13.3. The average molecular weight is 263 g/mol. The number of hydrogen-bond acceptors (Lipinski definition) is 3. The maximum Gasteiger partial charge on any atom is 0.491 e. The van der Waals surface area contributed by atoms with E-state index in [9.17, 15) is 4.39 Å². The van der Waals surface area contributed by atoms with E-state index >= 15 is 0 Å². The summed E-state index contributed by atoms with van der Waals surface area (Å²) in [4.78, 5) is 0. The van der Waals surface area contributed by atoms with Gasteiger partial charge in [-0.15, -0.1) is 0 Å². The number of hydrogen-bond donors (Lipinski definition) is 2. The van der Waals surface area contributed by atoms with Gasteiger partial charge >= 0.3 is 7.12 Å². The van der Waals surface area contributed by atoms with Gasteiger partial charge in [-0.1, -0.05) is 6.07 Å². The van der Waals surface area contributed by atoms with E-state index in [-0.39, 0.29) is 9.94 Å². The van der Waals surface area contributed by atoms with Crippen molar-refractivity contribution in [3.63, 3.8) is 0 Å². The molecule has 0 fully saturated rings. The fourth-order valence-corrected chi connectivity index (χ4v) is 1.63. The quantitative estimate of drug-likeness (QED) is 0.776. The largest absolute Gasteiger partial charge is 0.491 e. The lowest BCUT2D eigenvalue weighted by atomic mass is 9.79. The van der Waals surface area contributed by atoms with E-state index in [2.05, 4.69) is 15.9 Å². The highest BCUT2D eigenvalue weighted by Gasteiger charge is 2.19. The van der Waals surface area contributed by atoms with Gasteiger partial charge in [-0.05, 0) is 27.6 Å². The number of rotatable bonds is 3. The molecule has 0 saturated carbocycles. The van der Waals surface area contributed by atoms with Gasteiger partial charge in [0.2, 0.25) is 0 Å². The predicted octanol–water partition coefficient (Wildman–Crippen LogP) is 0.414. The van der Waals surface area contributed by atoms with Gasteiger partial charge in [0.25, 0.3) is 0 Å². The van der Waals surface area contributed by atoms with Gasteiger partial charge in [0.15, 0.2) is 0 Å². The molecule has 0 aliphatic rings. The van der Waals surface area contributed by atoms with Crippen LogP contribution in [0.2, 0.25) is 0 Å². The first-order valence-corrected chi connectivity index (χ1v) is 4.68. The van der Waals surface area contributed by atoms with Crippen molar-refractivity contribution in [2.24, 2.45) is 0 Å². The van der Waals surface area contributed by atoms with E-state index in [0.717, 1.165) is 0 Å². The Labute approximate surface area is 89.8 Å². The summed E-state index contributed by atoms with van der Waals surface area (Å²) in [7, 11) is -0.310. The minimum Gasteiger partial charge on any atom is -0.423 e. The molecular formula is C8H9BBrFO3. The van der Waals surface area contributed by atoms with Crippen molar-refractivity contribution in [1.82, 2.24) is 0 Å². The Bertz CT molecular complexity index is 333. The van der Waals surface area contributed by atoms with Crippen molar-refractivity contribution in [1.29, 1.82) is 0 Å². The van der Waals surface area contributed by atoms with Crippen LogP contribution in [0.5, 0.6) is 0 Å².